The summed E-state index contributed by atoms with van der Waals surface area (Å²) in [5.74, 6) is -0.797. The Bertz CT molecular complexity index is 1630. The number of ether oxygens (including phenoxy) is 1. The molecular formula is C29H29FN6O2. The van der Waals surface area contributed by atoms with Crippen molar-refractivity contribution in [1.82, 2.24) is 24.5 Å². The third-order valence-electron chi connectivity index (χ3n) is 7.58. The zero-order valence-corrected chi connectivity index (χ0v) is 21.4. The number of aryl methyl sites for hydroxylation is 2. The fourth-order valence-corrected chi connectivity index (χ4v) is 5.91. The van der Waals surface area contributed by atoms with Crippen LogP contribution in [-0.2, 0) is 23.0 Å². The van der Waals surface area contributed by atoms with Gasteiger partial charge in [-0.1, -0.05) is 47.7 Å². The van der Waals surface area contributed by atoms with E-state index in [1.54, 1.807) is 16.9 Å². The number of fused-ring (bicyclic) bond motifs is 3. The Kier molecular flexibility index (Phi) is 6.15. The van der Waals surface area contributed by atoms with Gasteiger partial charge in [0.2, 0.25) is 5.91 Å². The Morgan fingerprint density at radius 2 is 1.95 bits per heavy atom. The molecule has 2 aromatic carbocycles. The average molecular weight is 513 g/mol. The van der Waals surface area contributed by atoms with Crippen LogP contribution in [0.15, 0.2) is 54.7 Å². The van der Waals surface area contributed by atoms with E-state index in [-0.39, 0.29) is 23.9 Å². The second-order valence-electron chi connectivity index (χ2n) is 9.99. The first kappa shape index (κ1) is 24.2. The summed E-state index contributed by atoms with van der Waals surface area (Å²) < 4.78 is 25.9. The van der Waals surface area contributed by atoms with E-state index < -0.39 is 11.7 Å². The lowest BCUT2D eigenvalue weighted by Gasteiger charge is -2.33. The van der Waals surface area contributed by atoms with Gasteiger partial charge in [-0.25, -0.2) is 9.07 Å². The number of rotatable bonds is 6. The van der Waals surface area contributed by atoms with Crippen molar-refractivity contribution in [1.29, 1.82) is 0 Å². The van der Waals surface area contributed by atoms with Gasteiger partial charge in [-0.3, -0.25) is 9.78 Å². The first-order chi connectivity index (χ1) is 18.4. The molecule has 6 rings (SSSR count). The maximum absolute atomic E-state index is 16.4. The van der Waals surface area contributed by atoms with Gasteiger partial charge in [-0.2, -0.15) is 0 Å². The van der Waals surface area contributed by atoms with Crippen molar-refractivity contribution < 1.29 is 13.9 Å². The van der Waals surface area contributed by atoms with Gasteiger partial charge in [0.25, 0.3) is 0 Å². The number of carbonyl (C=O) groups is 1. The van der Waals surface area contributed by atoms with Crippen molar-refractivity contribution in [3.8, 4) is 11.3 Å². The number of nitrogens with two attached hydrogens (primary N) is 1. The molecule has 4 heterocycles. The van der Waals surface area contributed by atoms with Crippen LogP contribution in [0.2, 0.25) is 0 Å². The van der Waals surface area contributed by atoms with E-state index in [0.29, 0.717) is 29.6 Å². The second-order valence-corrected chi connectivity index (χ2v) is 9.99. The highest BCUT2D eigenvalue weighted by Gasteiger charge is 2.32. The summed E-state index contributed by atoms with van der Waals surface area (Å²) in [6.07, 6.45) is 3.32. The maximum atomic E-state index is 16.4. The zero-order valence-electron chi connectivity index (χ0n) is 21.4. The van der Waals surface area contributed by atoms with Crippen LogP contribution >= 0.6 is 0 Å². The van der Waals surface area contributed by atoms with Crippen LogP contribution in [0.25, 0.3) is 33.2 Å². The fourth-order valence-electron chi connectivity index (χ4n) is 5.91. The van der Waals surface area contributed by atoms with E-state index in [9.17, 15) is 4.79 Å². The minimum absolute atomic E-state index is 0.166. The first-order valence-corrected chi connectivity index (χ1v) is 12.8. The molecule has 9 heteroatoms. The van der Waals surface area contributed by atoms with Crippen LogP contribution in [-0.4, -0.2) is 43.7 Å². The Hall–Kier alpha value is -4.11. The van der Waals surface area contributed by atoms with Gasteiger partial charge in [-0.05, 0) is 42.9 Å². The van der Waals surface area contributed by atoms with Crippen LogP contribution in [0.4, 0.5) is 4.39 Å². The molecule has 0 saturated carbocycles. The molecule has 2 N–H and O–H groups in total. The quantitative estimate of drug-likeness (QED) is 0.362. The van der Waals surface area contributed by atoms with Crippen LogP contribution in [0.5, 0.6) is 0 Å². The number of amides is 1. The van der Waals surface area contributed by atoms with E-state index in [4.69, 9.17) is 15.5 Å². The second kappa shape index (κ2) is 9.64. The van der Waals surface area contributed by atoms with Crippen LogP contribution in [0.3, 0.4) is 0 Å². The highest BCUT2D eigenvalue weighted by atomic mass is 19.1. The molecule has 3 aromatic heterocycles. The molecule has 0 radical (unpaired) electrons. The summed E-state index contributed by atoms with van der Waals surface area (Å²) in [6.45, 7) is 3.22. The summed E-state index contributed by atoms with van der Waals surface area (Å²) in [5.41, 5.74) is 11.3. The van der Waals surface area contributed by atoms with Gasteiger partial charge < -0.3 is 15.0 Å². The van der Waals surface area contributed by atoms with Gasteiger partial charge >= 0.3 is 0 Å². The van der Waals surface area contributed by atoms with Gasteiger partial charge in [0.15, 0.2) is 5.82 Å². The average Bonchev–Trinajstić information content (AvgIpc) is 3.43. The maximum Gasteiger partial charge on any atom is 0.221 e. The number of halogens is 1. The van der Waals surface area contributed by atoms with E-state index >= 15 is 4.39 Å². The summed E-state index contributed by atoms with van der Waals surface area (Å²) in [5, 5.41) is 9.07. The van der Waals surface area contributed by atoms with E-state index in [0.717, 1.165) is 40.9 Å². The lowest BCUT2D eigenvalue weighted by molar-refractivity contribution is -0.117. The summed E-state index contributed by atoms with van der Waals surface area (Å²) in [6, 6.07) is 15.6. The third kappa shape index (κ3) is 4.03. The van der Waals surface area contributed by atoms with Crippen molar-refractivity contribution in [3.05, 3.63) is 77.4 Å². The minimum atomic E-state index is -0.574. The van der Waals surface area contributed by atoms with Crippen molar-refractivity contribution in [2.45, 2.75) is 32.2 Å². The van der Waals surface area contributed by atoms with Crippen LogP contribution in [0, 0.1) is 18.7 Å². The third-order valence-corrected chi connectivity index (χ3v) is 7.58. The number of aromatic nitrogens is 5. The lowest BCUT2D eigenvalue weighted by Crippen LogP contribution is -2.27. The molecule has 0 aliphatic carbocycles. The molecule has 1 aliphatic rings. The van der Waals surface area contributed by atoms with E-state index in [2.05, 4.69) is 33.1 Å². The number of primary amides is 1. The standard InChI is InChI=1S/C29H29FN6O2/c1-17-27(35(2)34-33-17)21-14-23-26(32-16-21)22-9-8-20(15-24(31)37)25(30)29(22)36(23)28(18-6-4-3-5-7-18)19-10-12-38-13-11-19/h3-9,14,16,19,28H,10-13,15H2,1-2H3,(H2,31,37)/t28-/m1/s1. The molecule has 1 fully saturated rings. The molecule has 0 spiro atoms. The van der Waals surface area contributed by atoms with Crippen molar-refractivity contribution in [2.75, 3.05) is 13.2 Å². The molecule has 5 aromatic rings. The molecule has 1 atom stereocenters. The predicted molar refractivity (Wildman–Crippen MR) is 143 cm³/mol. The number of benzene rings is 2. The number of hydrogen-bond donors (Lipinski definition) is 1. The monoisotopic (exact) mass is 512 g/mol. The Morgan fingerprint density at radius 1 is 1.18 bits per heavy atom. The topological polar surface area (TPSA) is 101 Å². The SMILES string of the molecule is Cc1nnn(C)c1-c1cnc2c3ccc(CC(N)=O)c(F)c3n([C@H](c3ccccc3)C3CCOCC3)c2c1. The normalized spacial score (nSPS) is 15.3. The zero-order chi connectivity index (χ0) is 26.4. The highest BCUT2D eigenvalue weighted by molar-refractivity contribution is 6.07. The molecule has 0 bridgehead atoms. The highest BCUT2D eigenvalue weighted by Crippen LogP contribution is 2.42. The first-order valence-electron chi connectivity index (χ1n) is 12.8. The molecule has 1 amide bonds. The number of hydrogen-bond acceptors (Lipinski definition) is 5. The van der Waals surface area contributed by atoms with Gasteiger partial charge in [0.05, 0.1) is 40.4 Å². The molecule has 0 unspecified atom stereocenters. The minimum Gasteiger partial charge on any atom is -0.381 e. The van der Waals surface area contributed by atoms with Gasteiger partial charge in [0.1, 0.15) is 0 Å². The number of pyridine rings is 1. The molecule has 8 nitrogen and oxygen atoms in total. The Morgan fingerprint density at radius 3 is 2.63 bits per heavy atom. The summed E-state index contributed by atoms with van der Waals surface area (Å²) >= 11 is 0. The Labute approximate surface area is 219 Å². The summed E-state index contributed by atoms with van der Waals surface area (Å²) in [7, 11) is 1.85. The molecule has 38 heavy (non-hydrogen) atoms. The molecule has 1 aliphatic heterocycles. The number of carbonyl (C=O) groups excluding carboxylic acids is 1. The fraction of sp³-hybridized carbons (Fsp3) is 0.310. The summed E-state index contributed by atoms with van der Waals surface area (Å²) in [4.78, 5) is 16.6. The smallest absolute Gasteiger partial charge is 0.221 e. The van der Waals surface area contributed by atoms with E-state index in [1.165, 1.54) is 0 Å². The molecular weight excluding hydrogens is 483 g/mol. The van der Waals surface area contributed by atoms with Crippen LogP contribution in [0.1, 0.15) is 35.7 Å². The van der Waals surface area contributed by atoms with Gasteiger partial charge in [0, 0.05) is 37.4 Å². The lowest BCUT2D eigenvalue weighted by atomic mass is 9.86. The largest absolute Gasteiger partial charge is 0.381 e. The van der Waals surface area contributed by atoms with Crippen molar-refractivity contribution in [2.24, 2.45) is 18.7 Å². The van der Waals surface area contributed by atoms with Gasteiger partial charge in [-0.15, -0.1) is 5.10 Å². The number of nitrogens with zero attached hydrogens (tertiary/aromatic N) is 5. The Balaban J connectivity index is 1.70. The van der Waals surface area contributed by atoms with Crippen LogP contribution < -0.4 is 5.73 Å². The molecule has 1 saturated heterocycles. The van der Waals surface area contributed by atoms with E-state index in [1.807, 2.05) is 38.2 Å². The van der Waals surface area contributed by atoms with Crippen molar-refractivity contribution in [3.63, 3.8) is 0 Å². The molecule has 194 valence electrons. The van der Waals surface area contributed by atoms with Crippen molar-refractivity contribution >= 4 is 27.8 Å². The predicted octanol–water partition coefficient (Wildman–Crippen LogP) is 4.48.